The zero-order valence-corrected chi connectivity index (χ0v) is 13.7. The van der Waals surface area contributed by atoms with Gasteiger partial charge >= 0.3 is 0 Å². The molecule has 0 aromatic heterocycles. The maximum absolute atomic E-state index is 11.9. The van der Waals surface area contributed by atoms with Gasteiger partial charge in [0.1, 0.15) is 0 Å². The topological polar surface area (TPSA) is 49.4 Å². The fraction of sp³-hybridized carbons (Fsp3) is 0.222. The first-order valence-electron chi connectivity index (χ1n) is 7.41. The van der Waals surface area contributed by atoms with Crippen LogP contribution in [-0.4, -0.2) is 24.9 Å². The van der Waals surface area contributed by atoms with E-state index in [-0.39, 0.29) is 11.8 Å². The zero-order valence-electron chi connectivity index (χ0n) is 13.0. The number of nitrogens with zero attached hydrogens (tertiary/aromatic N) is 1. The highest BCUT2D eigenvalue weighted by Crippen LogP contribution is 2.24. The third kappa shape index (κ3) is 5.11. The van der Waals surface area contributed by atoms with Gasteiger partial charge in [-0.15, -0.1) is 0 Å². The number of carbonyl (C=O) groups is 2. The minimum atomic E-state index is -0.115. The van der Waals surface area contributed by atoms with Crippen LogP contribution in [-0.2, 0) is 16.0 Å². The first-order valence-corrected chi connectivity index (χ1v) is 7.79. The lowest BCUT2D eigenvalue weighted by Gasteiger charge is -2.22. The van der Waals surface area contributed by atoms with Crippen molar-refractivity contribution in [2.45, 2.75) is 13.3 Å². The van der Waals surface area contributed by atoms with Gasteiger partial charge in [-0.1, -0.05) is 54.1 Å². The van der Waals surface area contributed by atoms with E-state index in [1.807, 2.05) is 42.5 Å². The summed E-state index contributed by atoms with van der Waals surface area (Å²) in [5.74, 6) is -0.186. The van der Waals surface area contributed by atoms with E-state index in [4.69, 9.17) is 11.6 Å². The first-order chi connectivity index (χ1) is 11.1. The number of halogens is 1. The van der Waals surface area contributed by atoms with Gasteiger partial charge < -0.3 is 10.2 Å². The largest absolute Gasteiger partial charge is 0.354 e. The Morgan fingerprint density at radius 1 is 1.04 bits per heavy atom. The summed E-state index contributed by atoms with van der Waals surface area (Å²) in [6, 6.07) is 16.7. The van der Waals surface area contributed by atoms with Crippen molar-refractivity contribution < 1.29 is 9.59 Å². The molecule has 2 aromatic rings. The molecule has 0 saturated carbocycles. The predicted octanol–water partition coefficient (Wildman–Crippen LogP) is 3.05. The Kier molecular flexibility index (Phi) is 6.18. The highest BCUT2D eigenvalue weighted by molar-refractivity contribution is 6.33. The van der Waals surface area contributed by atoms with Gasteiger partial charge in [-0.25, -0.2) is 0 Å². The molecule has 2 rings (SSSR count). The number of hydrogen-bond acceptors (Lipinski definition) is 2. The van der Waals surface area contributed by atoms with Gasteiger partial charge in [0, 0.05) is 20.0 Å². The lowest BCUT2D eigenvalue weighted by Crippen LogP contribution is -2.38. The predicted molar refractivity (Wildman–Crippen MR) is 92.6 cm³/mol. The number of anilines is 1. The molecule has 0 spiro atoms. The lowest BCUT2D eigenvalue weighted by atomic mass is 10.1. The van der Waals surface area contributed by atoms with E-state index in [1.54, 1.807) is 17.0 Å². The normalized spacial score (nSPS) is 10.2. The van der Waals surface area contributed by atoms with Gasteiger partial charge in [0.15, 0.2) is 0 Å². The van der Waals surface area contributed by atoms with Crippen molar-refractivity contribution in [1.29, 1.82) is 0 Å². The van der Waals surface area contributed by atoms with Crippen LogP contribution in [0.4, 0.5) is 5.69 Å². The maximum atomic E-state index is 11.9. The number of para-hydroxylation sites is 1. The molecule has 2 amide bonds. The fourth-order valence-corrected chi connectivity index (χ4v) is 2.51. The molecule has 0 atom stereocenters. The number of carbonyl (C=O) groups excluding carboxylic acids is 2. The van der Waals surface area contributed by atoms with E-state index < -0.39 is 0 Å². The molecular weight excluding hydrogens is 312 g/mol. The van der Waals surface area contributed by atoms with Gasteiger partial charge in [0.2, 0.25) is 11.8 Å². The molecule has 0 unspecified atom stereocenters. The number of amides is 2. The van der Waals surface area contributed by atoms with Crippen molar-refractivity contribution in [3.8, 4) is 0 Å². The smallest absolute Gasteiger partial charge is 0.224 e. The van der Waals surface area contributed by atoms with Crippen LogP contribution in [0, 0.1) is 0 Å². The van der Waals surface area contributed by atoms with E-state index in [2.05, 4.69) is 5.32 Å². The minimum Gasteiger partial charge on any atom is -0.354 e. The molecule has 120 valence electrons. The summed E-state index contributed by atoms with van der Waals surface area (Å²) < 4.78 is 0. The van der Waals surface area contributed by atoms with Crippen LogP contribution in [0.3, 0.4) is 0 Å². The molecule has 0 aliphatic carbocycles. The van der Waals surface area contributed by atoms with Crippen molar-refractivity contribution in [3.05, 3.63) is 65.2 Å². The van der Waals surface area contributed by atoms with Crippen LogP contribution >= 0.6 is 11.6 Å². The summed E-state index contributed by atoms with van der Waals surface area (Å²) in [6.45, 7) is 2.23. The fourth-order valence-electron chi connectivity index (χ4n) is 2.27. The average Bonchev–Trinajstić information content (AvgIpc) is 2.53. The molecule has 0 fully saturated rings. The molecular formula is C18H19ClN2O2. The third-order valence-electron chi connectivity index (χ3n) is 3.39. The molecule has 0 radical (unpaired) electrons. The average molecular weight is 331 g/mol. The summed E-state index contributed by atoms with van der Waals surface area (Å²) in [5.41, 5.74) is 1.61. The summed E-state index contributed by atoms with van der Waals surface area (Å²) in [5, 5.41) is 3.34. The van der Waals surface area contributed by atoms with Crippen molar-refractivity contribution in [3.63, 3.8) is 0 Å². The molecule has 4 nitrogen and oxygen atoms in total. The number of rotatable bonds is 6. The Bertz CT molecular complexity index is 674. The van der Waals surface area contributed by atoms with E-state index in [9.17, 15) is 9.59 Å². The van der Waals surface area contributed by atoms with Crippen LogP contribution in [0.25, 0.3) is 0 Å². The highest BCUT2D eigenvalue weighted by Gasteiger charge is 2.14. The van der Waals surface area contributed by atoms with Gasteiger partial charge in [0.05, 0.1) is 17.1 Å². The van der Waals surface area contributed by atoms with Crippen LogP contribution in [0.2, 0.25) is 5.02 Å². The Morgan fingerprint density at radius 2 is 1.70 bits per heavy atom. The Balaban J connectivity index is 1.89. The molecule has 23 heavy (non-hydrogen) atoms. The second-order valence-electron chi connectivity index (χ2n) is 5.13. The molecule has 0 bridgehead atoms. The first kappa shape index (κ1) is 17.0. The Labute approximate surface area is 141 Å². The van der Waals surface area contributed by atoms with E-state index in [0.29, 0.717) is 30.2 Å². The molecule has 1 N–H and O–H groups in total. The maximum Gasteiger partial charge on any atom is 0.224 e. The van der Waals surface area contributed by atoms with Gasteiger partial charge in [-0.2, -0.15) is 0 Å². The second-order valence-corrected chi connectivity index (χ2v) is 5.54. The van der Waals surface area contributed by atoms with E-state index in [1.165, 1.54) is 6.92 Å². The molecule has 0 aliphatic heterocycles. The Hall–Kier alpha value is -2.33. The molecule has 2 aromatic carbocycles. The lowest BCUT2D eigenvalue weighted by molar-refractivity contribution is -0.121. The summed E-state index contributed by atoms with van der Waals surface area (Å²) in [6.07, 6.45) is 0.326. The van der Waals surface area contributed by atoms with E-state index in [0.717, 1.165) is 5.56 Å². The van der Waals surface area contributed by atoms with Crippen molar-refractivity contribution >= 4 is 29.1 Å². The SMILES string of the molecule is CC(=O)N(CCNC(=O)Cc1ccccc1)c1ccccc1Cl. The number of nitrogens with one attached hydrogen (secondary N) is 1. The quantitative estimate of drug-likeness (QED) is 0.885. The van der Waals surface area contributed by atoms with Crippen molar-refractivity contribution in [2.75, 3.05) is 18.0 Å². The molecule has 5 heteroatoms. The summed E-state index contributed by atoms with van der Waals surface area (Å²) >= 11 is 6.13. The third-order valence-corrected chi connectivity index (χ3v) is 3.71. The van der Waals surface area contributed by atoms with Gasteiger partial charge in [-0.3, -0.25) is 9.59 Å². The van der Waals surface area contributed by atoms with Crippen LogP contribution < -0.4 is 10.2 Å². The summed E-state index contributed by atoms with van der Waals surface area (Å²) in [4.78, 5) is 25.3. The summed E-state index contributed by atoms with van der Waals surface area (Å²) in [7, 11) is 0. The minimum absolute atomic E-state index is 0.0705. The molecule has 0 heterocycles. The van der Waals surface area contributed by atoms with Crippen LogP contribution in [0.5, 0.6) is 0 Å². The van der Waals surface area contributed by atoms with Gasteiger partial charge in [-0.05, 0) is 17.7 Å². The van der Waals surface area contributed by atoms with Crippen molar-refractivity contribution in [2.24, 2.45) is 0 Å². The van der Waals surface area contributed by atoms with Crippen molar-refractivity contribution in [1.82, 2.24) is 5.32 Å². The molecule has 0 aliphatic rings. The van der Waals surface area contributed by atoms with Crippen LogP contribution in [0.15, 0.2) is 54.6 Å². The standard InChI is InChI=1S/C18H19ClN2O2/c1-14(22)21(17-10-6-5-9-16(17)19)12-11-20-18(23)13-15-7-3-2-4-8-15/h2-10H,11-13H2,1H3,(H,20,23). The zero-order chi connectivity index (χ0) is 16.7. The molecule has 0 saturated heterocycles. The van der Waals surface area contributed by atoms with Gasteiger partial charge in [0.25, 0.3) is 0 Å². The highest BCUT2D eigenvalue weighted by atomic mass is 35.5. The monoisotopic (exact) mass is 330 g/mol. The second kappa shape index (κ2) is 8.34. The number of hydrogen-bond donors (Lipinski definition) is 1. The Morgan fingerprint density at radius 3 is 2.35 bits per heavy atom. The van der Waals surface area contributed by atoms with Crippen LogP contribution in [0.1, 0.15) is 12.5 Å². The number of benzene rings is 2. The van der Waals surface area contributed by atoms with E-state index >= 15 is 0 Å².